The van der Waals surface area contributed by atoms with Crippen molar-refractivity contribution in [1.29, 1.82) is 0 Å². The van der Waals surface area contributed by atoms with Gasteiger partial charge in [-0.05, 0) is 42.1 Å². The second-order valence-electron chi connectivity index (χ2n) is 8.64. The summed E-state index contributed by atoms with van der Waals surface area (Å²) in [6.45, 7) is 10.2. The lowest BCUT2D eigenvalue weighted by Gasteiger charge is -2.41. The molecule has 1 aliphatic heterocycles. The predicted molar refractivity (Wildman–Crippen MR) is 97.4 cm³/mol. The van der Waals surface area contributed by atoms with Crippen molar-refractivity contribution >= 4 is 12.0 Å². The molecule has 2 bridgehead atoms. The van der Waals surface area contributed by atoms with E-state index in [1.165, 1.54) is 12.8 Å². The summed E-state index contributed by atoms with van der Waals surface area (Å²) in [5.41, 5.74) is 0.557. The van der Waals surface area contributed by atoms with Crippen molar-refractivity contribution in [2.45, 2.75) is 46.1 Å². The van der Waals surface area contributed by atoms with Crippen LogP contribution in [-0.4, -0.2) is 53.1 Å². The fourth-order valence-electron chi connectivity index (χ4n) is 5.23. The lowest BCUT2D eigenvalue weighted by atomic mass is 9.69. The van der Waals surface area contributed by atoms with Crippen LogP contribution >= 0.6 is 0 Å². The van der Waals surface area contributed by atoms with Gasteiger partial charge in [-0.15, -0.1) is 0 Å². The topological polar surface area (TPSA) is 61.4 Å². The molecular formula is C19H29N5O. The normalized spacial score (nSPS) is 33.6. The maximum atomic E-state index is 12.8. The van der Waals surface area contributed by atoms with Gasteiger partial charge in [0.1, 0.15) is 0 Å². The van der Waals surface area contributed by atoms with E-state index >= 15 is 0 Å². The van der Waals surface area contributed by atoms with E-state index in [4.69, 9.17) is 0 Å². The van der Waals surface area contributed by atoms with E-state index < -0.39 is 0 Å². The fraction of sp³-hybridized carbons (Fsp3) is 0.737. The van der Waals surface area contributed by atoms with Gasteiger partial charge in [-0.2, -0.15) is 0 Å². The van der Waals surface area contributed by atoms with Gasteiger partial charge in [0.25, 0.3) is 0 Å². The maximum absolute atomic E-state index is 12.8. The first kappa shape index (κ1) is 16.6. The molecule has 0 spiro atoms. The third-order valence-electron chi connectivity index (χ3n) is 7.49. The molecule has 25 heavy (non-hydrogen) atoms. The molecular weight excluding hydrogens is 314 g/mol. The summed E-state index contributed by atoms with van der Waals surface area (Å²) in [6.07, 6.45) is 7.20. The molecule has 0 aromatic carbocycles. The molecule has 2 heterocycles. The zero-order valence-electron chi connectivity index (χ0n) is 15.5. The highest BCUT2D eigenvalue weighted by atomic mass is 16.2. The molecule has 6 nitrogen and oxygen atoms in total. The molecule has 1 N–H and O–H groups in total. The summed E-state index contributed by atoms with van der Waals surface area (Å²) < 4.78 is 0. The van der Waals surface area contributed by atoms with Crippen molar-refractivity contribution in [1.82, 2.24) is 20.2 Å². The molecule has 6 heteroatoms. The van der Waals surface area contributed by atoms with Gasteiger partial charge in [-0.3, -0.25) is 0 Å². The van der Waals surface area contributed by atoms with Crippen LogP contribution in [0.15, 0.2) is 18.5 Å². The van der Waals surface area contributed by atoms with Crippen LogP contribution in [0, 0.1) is 16.7 Å². The quantitative estimate of drug-likeness (QED) is 0.896. The first-order valence-corrected chi connectivity index (χ1v) is 9.49. The first-order valence-electron chi connectivity index (χ1n) is 9.49. The third-order valence-corrected chi connectivity index (χ3v) is 7.49. The van der Waals surface area contributed by atoms with Crippen LogP contribution in [-0.2, 0) is 0 Å². The van der Waals surface area contributed by atoms with E-state index in [9.17, 15) is 4.79 Å². The van der Waals surface area contributed by atoms with Gasteiger partial charge < -0.3 is 15.1 Å². The molecule has 2 saturated carbocycles. The van der Waals surface area contributed by atoms with E-state index in [-0.39, 0.29) is 11.4 Å². The minimum atomic E-state index is 0.100. The molecule has 2 amide bonds. The summed E-state index contributed by atoms with van der Waals surface area (Å²) in [4.78, 5) is 25.5. The Kier molecular flexibility index (Phi) is 3.89. The molecule has 1 saturated heterocycles. The van der Waals surface area contributed by atoms with Crippen molar-refractivity contribution in [3.05, 3.63) is 18.5 Å². The van der Waals surface area contributed by atoms with Crippen molar-refractivity contribution < 1.29 is 4.79 Å². The Bertz CT molecular complexity index is 640. The number of amides is 2. The standard InChI is InChI=1S/C19H29N5O/c1-18(2)14-5-6-19(18,3)15(13-14)22-17(25)24-11-9-23(10-12-24)16-20-7-4-8-21-16/h4,7-8,14-15H,5-6,9-13H2,1-3H3,(H,22,25). The van der Waals surface area contributed by atoms with E-state index in [1.807, 2.05) is 11.0 Å². The Hall–Kier alpha value is -1.85. The number of fused-ring (bicyclic) bond motifs is 2. The molecule has 2 aliphatic carbocycles. The number of nitrogens with one attached hydrogen (secondary N) is 1. The van der Waals surface area contributed by atoms with Crippen molar-refractivity contribution in [3.8, 4) is 0 Å². The Labute approximate surface area is 150 Å². The number of hydrogen-bond donors (Lipinski definition) is 1. The largest absolute Gasteiger partial charge is 0.337 e. The number of aromatic nitrogens is 2. The number of carbonyl (C=O) groups is 1. The molecule has 3 unspecified atom stereocenters. The lowest BCUT2D eigenvalue weighted by Crippen LogP contribution is -2.56. The summed E-state index contributed by atoms with van der Waals surface area (Å²) in [7, 11) is 0. The Morgan fingerprint density at radius 2 is 1.84 bits per heavy atom. The maximum Gasteiger partial charge on any atom is 0.317 e. The smallest absolute Gasteiger partial charge is 0.317 e. The minimum Gasteiger partial charge on any atom is -0.337 e. The van der Waals surface area contributed by atoms with Crippen molar-refractivity contribution in [2.24, 2.45) is 16.7 Å². The van der Waals surface area contributed by atoms with Gasteiger partial charge in [-0.1, -0.05) is 20.8 Å². The SMILES string of the molecule is CC1(C)C2CCC1(C)C(NC(=O)N1CCN(c3ncccn3)CC1)C2. The van der Waals surface area contributed by atoms with Crippen molar-refractivity contribution in [3.63, 3.8) is 0 Å². The van der Waals surface area contributed by atoms with E-state index in [0.29, 0.717) is 11.5 Å². The van der Waals surface area contributed by atoms with Crippen LogP contribution in [0.5, 0.6) is 0 Å². The van der Waals surface area contributed by atoms with Gasteiger partial charge in [0.2, 0.25) is 5.95 Å². The highest BCUT2D eigenvalue weighted by Crippen LogP contribution is 2.65. The summed E-state index contributed by atoms with van der Waals surface area (Å²) >= 11 is 0. The zero-order chi connectivity index (χ0) is 17.7. The number of carbonyl (C=O) groups excluding carboxylic acids is 1. The number of rotatable bonds is 2. The molecule has 3 atom stereocenters. The molecule has 1 aromatic heterocycles. The highest BCUT2D eigenvalue weighted by molar-refractivity contribution is 5.75. The van der Waals surface area contributed by atoms with Crippen LogP contribution in [0.1, 0.15) is 40.0 Å². The van der Waals surface area contributed by atoms with Gasteiger partial charge in [0.15, 0.2) is 0 Å². The first-order chi connectivity index (χ1) is 11.9. The minimum absolute atomic E-state index is 0.100. The van der Waals surface area contributed by atoms with E-state index in [0.717, 1.165) is 44.5 Å². The fourth-order valence-corrected chi connectivity index (χ4v) is 5.23. The Morgan fingerprint density at radius 3 is 2.40 bits per heavy atom. The molecule has 3 fully saturated rings. The second-order valence-corrected chi connectivity index (χ2v) is 8.64. The second kappa shape index (κ2) is 5.85. The molecule has 0 radical (unpaired) electrons. The summed E-state index contributed by atoms with van der Waals surface area (Å²) in [5.74, 6) is 1.50. The number of piperazine rings is 1. The van der Waals surface area contributed by atoms with Crippen LogP contribution in [0.3, 0.4) is 0 Å². The number of nitrogens with zero attached hydrogens (tertiary/aromatic N) is 4. The number of hydrogen-bond acceptors (Lipinski definition) is 4. The molecule has 1 aromatic rings. The van der Waals surface area contributed by atoms with Gasteiger partial charge in [0.05, 0.1) is 0 Å². The average Bonchev–Trinajstić information content (AvgIpc) is 2.96. The Morgan fingerprint density at radius 1 is 1.16 bits per heavy atom. The van der Waals surface area contributed by atoms with Gasteiger partial charge in [-0.25, -0.2) is 14.8 Å². The lowest BCUT2D eigenvalue weighted by molar-refractivity contribution is 0.117. The molecule has 4 rings (SSSR count). The van der Waals surface area contributed by atoms with Gasteiger partial charge in [0, 0.05) is 44.6 Å². The molecule has 3 aliphatic rings. The summed E-state index contributed by atoms with van der Waals surface area (Å²) in [6, 6.07) is 2.23. The van der Waals surface area contributed by atoms with Crippen molar-refractivity contribution in [2.75, 3.05) is 31.1 Å². The van der Waals surface area contributed by atoms with Crippen LogP contribution in [0.4, 0.5) is 10.7 Å². The average molecular weight is 343 g/mol. The highest BCUT2D eigenvalue weighted by Gasteiger charge is 2.61. The molecule has 136 valence electrons. The number of urea groups is 1. The Balaban J connectivity index is 1.35. The number of anilines is 1. The van der Waals surface area contributed by atoms with Crippen LogP contribution in [0.25, 0.3) is 0 Å². The predicted octanol–water partition coefficient (Wildman–Crippen LogP) is 2.52. The van der Waals surface area contributed by atoms with Crippen LogP contribution < -0.4 is 10.2 Å². The van der Waals surface area contributed by atoms with Gasteiger partial charge >= 0.3 is 6.03 Å². The summed E-state index contributed by atoms with van der Waals surface area (Å²) in [5, 5.41) is 3.37. The van der Waals surface area contributed by atoms with E-state index in [2.05, 4.69) is 41.0 Å². The zero-order valence-corrected chi connectivity index (χ0v) is 15.5. The van der Waals surface area contributed by atoms with E-state index in [1.54, 1.807) is 12.4 Å². The monoisotopic (exact) mass is 343 g/mol. The van der Waals surface area contributed by atoms with Crippen LogP contribution in [0.2, 0.25) is 0 Å². The third kappa shape index (κ3) is 2.57.